The molecule has 316 valence electrons. The lowest BCUT2D eigenvalue weighted by atomic mass is 9.86. The van der Waals surface area contributed by atoms with Crippen molar-refractivity contribution in [1.29, 1.82) is 0 Å². The van der Waals surface area contributed by atoms with Gasteiger partial charge in [0.05, 0.1) is 41.4 Å². The summed E-state index contributed by atoms with van der Waals surface area (Å²) in [5, 5.41) is 36.9. The number of phenolic OH excluding ortho intramolecular Hbond substituents is 1. The van der Waals surface area contributed by atoms with Crippen molar-refractivity contribution in [3.05, 3.63) is 106 Å². The Balaban J connectivity index is 1.23. The molecule has 0 saturated carbocycles. The van der Waals surface area contributed by atoms with Crippen LogP contribution in [0.2, 0.25) is 5.02 Å². The molecule has 1 saturated heterocycles. The van der Waals surface area contributed by atoms with E-state index in [9.17, 15) is 29.7 Å². The molecule has 8 aliphatic rings. The first-order valence-corrected chi connectivity index (χ1v) is 19.4. The molecule has 8 unspecified atom stereocenters. The Hall–Kier alpha value is -5.46. The number of amides is 1. The Morgan fingerprint density at radius 2 is 1.85 bits per heavy atom. The molecule has 0 aromatic heterocycles. The van der Waals surface area contributed by atoms with Gasteiger partial charge in [-0.2, -0.15) is 0 Å². The van der Waals surface area contributed by atoms with Crippen molar-refractivity contribution in [2.24, 2.45) is 5.73 Å². The molecule has 2 aliphatic carbocycles. The van der Waals surface area contributed by atoms with Gasteiger partial charge in [-0.3, -0.25) is 9.59 Å². The van der Waals surface area contributed by atoms with Crippen LogP contribution in [0.15, 0.2) is 73.0 Å². The molecule has 60 heavy (non-hydrogen) atoms. The van der Waals surface area contributed by atoms with E-state index in [2.05, 4.69) is 11.9 Å². The fourth-order valence-electron chi connectivity index (χ4n) is 8.63. The third-order valence-corrected chi connectivity index (χ3v) is 11.7. The molecule has 1 amide bonds. The zero-order valence-electron chi connectivity index (χ0n) is 33.3. The molecule has 11 rings (SSSR count). The highest BCUT2D eigenvalue weighted by Gasteiger charge is 2.58. The third-order valence-electron chi connectivity index (χ3n) is 11.4. The molecule has 3 aromatic carbocycles. The minimum Gasteiger partial charge on any atom is -0.504 e. The van der Waals surface area contributed by atoms with Crippen LogP contribution in [0.4, 0.5) is 5.69 Å². The van der Waals surface area contributed by atoms with Crippen molar-refractivity contribution in [2.75, 3.05) is 33.1 Å². The number of hydrogen-bond donors (Lipinski definition) is 5. The first-order valence-electron chi connectivity index (χ1n) is 19.1. The highest BCUT2D eigenvalue weighted by atomic mass is 35.5. The predicted octanol–water partition coefficient (Wildman–Crippen LogP) is 4.37. The van der Waals surface area contributed by atoms with Gasteiger partial charge in [-0.15, -0.1) is 0 Å². The van der Waals surface area contributed by atoms with Crippen LogP contribution >= 0.6 is 11.6 Å². The van der Waals surface area contributed by atoms with Crippen molar-refractivity contribution < 1.29 is 62.9 Å². The van der Waals surface area contributed by atoms with Crippen LogP contribution in [0, 0.1) is 0 Å². The van der Waals surface area contributed by atoms with Gasteiger partial charge in [-0.1, -0.05) is 42.5 Å². The fraction of sp³-hybridized carbons (Fsp3) is 0.372. The van der Waals surface area contributed by atoms with Crippen molar-refractivity contribution in [1.82, 2.24) is 4.90 Å². The number of nitrogens with two attached hydrogens (primary N) is 1. The molecule has 17 heteroatoms. The van der Waals surface area contributed by atoms with Gasteiger partial charge >= 0.3 is 11.9 Å². The van der Waals surface area contributed by atoms with Crippen LogP contribution < -0.4 is 25.3 Å². The van der Waals surface area contributed by atoms with Crippen LogP contribution in [0.1, 0.15) is 71.1 Å². The maximum absolute atomic E-state index is 14.1. The van der Waals surface area contributed by atoms with Crippen molar-refractivity contribution >= 4 is 40.7 Å². The summed E-state index contributed by atoms with van der Waals surface area (Å²) in [5.41, 5.74) is 6.07. The van der Waals surface area contributed by atoms with Crippen LogP contribution in [-0.2, 0) is 28.5 Å². The third kappa shape index (κ3) is 6.97. The Labute approximate surface area is 349 Å². The van der Waals surface area contributed by atoms with Crippen LogP contribution in [0.5, 0.6) is 23.0 Å². The molecule has 0 spiro atoms. The van der Waals surface area contributed by atoms with Gasteiger partial charge in [0.2, 0.25) is 0 Å². The number of fused-ring (bicyclic) bond motifs is 2. The van der Waals surface area contributed by atoms with E-state index in [0.29, 0.717) is 27.8 Å². The Morgan fingerprint density at radius 3 is 2.57 bits per heavy atom. The quantitative estimate of drug-likeness (QED) is 0.172. The van der Waals surface area contributed by atoms with Gasteiger partial charge in [0.25, 0.3) is 5.91 Å². The lowest BCUT2D eigenvalue weighted by Gasteiger charge is -2.51. The summed E-state index contributed by atoms with van der Waals surface area (Å²) >= 11 is 6.77. The van der Waals surface area contributed by atoms with Gasteiger partial charge < -0.3 is 64.4 Å². The largest absolute Gasteiger partial charge is 0.504 e. The van der Waals surface area contributed by atoms with Crippen molar-refractivity contribution in [3.63, 3.8) is 0 Å². The minimum absolute atomic E-state index is 0.00872. The summed E-state index contributed by atoms with van der Waals surface area (Å²) in [6, 6.07) is 9.16. The highest BCUT2D eigenvalue weighted by molar-refractivity contribution is 6.32. The number of anilines is 1. The van der Waals surface area contributed by atoms with E-state index in [1.165, 1.54) is 31.4 Å². The maximum Gasteiger partial charge on any atom is 0.341 e. The van der Waals surface area contributed by atoms with E-state index in [1.807, 2.05) is 0 Å². The molecule has 3 aromatic rings. The lowest BCUT2D eigenvalue weighted by Crippen LogP contribution is -2.67. The number of aliphatic hydroxyl groups excluding tert-OH is 2. The Bertz CT molecular complexity index is 2360. The fourth-order valence-corrected chi connectivity index (χ4v) is 8.90. The van der Waals surface area contributed by atoms with E-state index in [-0.39, 0.29) is 51.5 Å². The van der Waals surface area contributed by atoms with E-state index in [4.69, 9.17) is 50.5 Å². The normalized spacial score (nSPS) is 28.9. The molecule has 16 nitrogen and oxygen atoms in total. The van der Waals surface area contributed by atoms with Gasteiger partial charge in [0.15, 0.2) is 47.1 Å². The number of methoxy groups -OCH3 is 1. The highest BCUT2D eigenvalue weighted by Crippen LogP contribution is 2.58. The molecule has 0 radical (unpaired) electrons. The number of carbonyl (C=O) groups excluding carboxylic acids is 3. The number of phenols is 1. The molecule has 8 atom stereocenters. The van der Waals surface area contributed by atoms with Crippen LogP contribution in [0.3, 0.4) is 0 Å². The van der Waals surface area contributed by atoms with E-state index in [0.717, 1.165) is 0 Å². The van der Waals surface area contributed by atoms with Crippen LogP contribution in [0.25, 0.3) is 5.57 Å². The molecule has 6 bridgehead atoms. The maximum atomic E-state index is 14.1. The summed E-state index contributed by atoms with van der Waals surface area (Å²) in [5.74, 6) is -2.66. The lowest BCUT2D eigenvalue weighted by molar-refractivity contribution is -0.329. The van der Waals surface area contributed by atoms with Gasteiger partial charge in [0.1, 0.15) is 24.6 Å². The van der Waals surface area contributed by atoms with Gasteiger partial charge in [-0.25, -0.2) is 4.79 Å². The van der Waals surface area contributed by atoms with E-state index < -0.39 is 78.4 Å². The number of hydrogen-bond acceptors (Lipinski definition) is 15. The second-order valence-corrected chi connectivity index (χ2v) is 16.3. The summed E-state index contributed by atoms with van der Waals surface area (Å²) in [4.78, 5) is 41.7. The monoisotopic (exact) mass is 845 g/mol. The molecule has 6 heterocycles. The van der Waals surface area contributed by atoms with Gasteiger partial charge in [0, 0.05) is 17.7 Å². The molecule has 6 aliphatic heterocycles. The second kappa shape index (κ2) is 15.2. The number of esters is 2. The topological polar surface area (TPSA) is 218 Å². The average molecular weight is 846 g/mol. The van der Waals surface area contributed by atoms with Gasteiger partial charge in [-0.05, 0) is 80.5 Å². The average Bonchev–Trinajstić information content (AvgIpc) is 3.70. The number of benzene rings is 3. The zero-order chi connectivity index (χ0) is 43.0. The number of halogens is 1. The molecular weight excluding hydrogens is 802 g/mol. The summed E-state index contributed by atoms with van der Waals surface area (Å²) in [6.07, 6.45) is -1.61. The molecular formula is C43H44ClN3O13. The number of ether oxygens (including phenoxy) is 7. The Kier molecular flexibility index (Phi) is 10.5. The number of nitrogens with one attached hydrogen (secondary N) is 1. The van der Waals surface area contributed by atoms with Crippen molar-refractivity contribution in [2.45, 2.75) is 74.3 Å². The standard InChI is InChI=1S/C43H44ClN3O13/c1-19-39(52)46-33-25(15-22(54-6)16-30(33)56-19)40(53)57-31-18-55-32(49)17-28(45)21-13-27(44)36(29(48)14-21)58-38-23-10-9-20(31)12-24(23)26-8-7-11-43(26,38)60-41-35(51)34(50)37(47(4)5)42(2,3)59-41/h7-16,28,31,34-35,37-38,41,48,50-51H,1,17-18,45H2,2-6H3,(H,46,52). The number of aliphatic hydroxyl groups is 2. The first-order chi connectivity index (χ1) is 28.4. The second-order valence-electron chi connectivity index (χ2n) is 15.9. The zero-order valence-corrected chi connectivity index (χ0v) is 34.0. The van der Waals surface area contributed by atoms with Crippen molar-refractivity contribution in [3.8, 4) is 23.0 Å². The number of carbonyl (C=O) groups is 3. The minimum atomic E-state index is -1.55. The predicted molar refractivity (Wildman–Crippen MR) is 214 cm³/mol. The molecule has 6 N–H and O–H groups in total. The molecule has 1 fully saturated rings. The SMILES string of the molecule is C=C1Oc2cc(OC)cc(C(=O)OC3COC(=O)CC(N)c4cc(O)c(c(Cl)c4)OC4c5ccc3cc5C3=CC=CC34OC3OC(C)(C)C(N(C)C)C(O)C3O)c2NC1=O. The van der Waals surface area contributed by atoms with E-state index in [1.54, 1.807) is 69.3 Å². The van der Waals surface area contributed by atoms with Crippen LogP contribution in [-0.4, -0.2) is 102 Å². The Morgan fingerprint density at radius 1 is 1.08 bits per heavy atom. The summed E-state index contributed by atoms with van der Waals surface area (Å²) in [6.45, 7) is 6.71. The summed E-state index contributed by atoms with van der Waals surface area (Å²) in [7, 11) is 4.94. The summed E-state index contributed by atoms with van der Waals surface area (Å²) < 4.78 is 42.6. The number of nitrogens with zero attached hydrogens (tertiary/aromatic N) is 1. The smallest absolute Gasteiger partial charge is 0.341 e. The number of aromatic hydroxyl groups is 1. The number of rotatable bonds is 6. The van der Waals surface area contributed by atoms with E-state index >= 15 is 0 Å². The first kappa shape index (κ1) is 41.3. The number of allylic oxidation sites excluding steroid dienone is 2. The number of likely N-dealkylation sites (N-methyl/N-ethyl adjacent to an activating group) is 1.